The third kappa shape index (κ3) is 4.73. The van der Waals surface area contributed by atoms with Crippen LogP contribution in [-0.2, 0) is 14.8 Å². The molecule has 9 nitrogen and oxygen atoms in total. The fourth-order valence-electron chi connectivity index (χ4n) is 3.57. The first kappa shape index (κ1) is 19.5. The molecule has 27 heavy (non-hydrogen) atoms. The third-order valence-electron chi connectivity index (χ3n) is 5.01. The van der Waals surface area contributed by atoms with Crippen molar-refractivity contribution in [3.05, 3.63) is 18.1 Å². The largest absolute Gasteiger partial charge is 0.470 e. The van der Waals surface area contributed by atoms with Crippen LogP contribution in [0, 0.1) is 17.2 Å². The molecule has 3 heterocycles. The lowest BCUT2D eigenvalue weighted by Crippen LogP contribution is -2.49. The van der Waals surface area contributed by atoms with Crippen molar-refractivity contribution in [3.8, 4) is 11.9 Å². The van der Waals surface area contributed by atoms with E-state index in [2.05, 4.69) is 9.97 Å². The van der Waals surface area contributed by atoms with Crippen molar-refractivity contribution in [2.75, 3.05) is 32.4 Å². The van der Waals surface area contributed by atoms with Crippen LogP contribution in [0.1, 0.15) is 31.4 Å². The van der Waals surface area contributed by atoms with E-state index in [0.29, 0.717) is 39.0 Å². The standard InChI is InChI=1S/C17H23N5O4S/c1-27(24,25)22-9-4-13(5-10-22)17(23)21-8-2-3-14(12-21)26-16-15(11-18)19-6-7-20-16/h6-7,13-14H,2-5,8-10,12H2,1H3. The van der Waals surface area contributed by atoms with Crippen LogP contribution in [0.25, 0.3) is 0 Å². The molecule has 2 aliphatic rings. The highest BCUT2D eigenvalue weighted by Crippen LogP contribution is 2.24. The Hall–Kier alpha value is -2.25. The molecule has 0 radical (unpaired) electrons. The Labute approximate surface area is 159 Å². The van der Waals surface area contributed by atoms with E-state index in [1.165, 1.54) is 23.0 Å². The lowest BCUT2D eigenvalue weighted by molar-refractivity contribution is -0.139. The van der Waals surface area contributed by atoms with Gasteiger partial charge in [0.2, 0.25) is 21.6 Å². The van der Waals surface area contributed by atoms with E-state index in [4.69, 9.17) is 10.00 Å². The molecule has 2 saturated heterocycles. The van der Waals surface area contributed by atoms with Gasteiger partial charge in [0, 0.05) is 37.9 Å². The summed E-state index contributed by atoms with van der Waals surface area (Å²) in [6.07, 6.45) is 6.53. The number of rotatable bonds is 4. The summed E-state index contributed by atoms with van der Waals surface area (Å²) in [5.74, 6) is 0.0878. The van der Waals surface area contributed by atoms with Gasteiger partial charge in [-0.2, -0.15) is 5.26 Å². The van der Waals surface area contributed by atoms with Crippen LogP contribution in [0.4, 0.5) is 0 Å². The first-order chi connectivity index (χ1) is 12.9. The van der Waals surface area contributed by atoms with E-state index in [1.54, 1.807) is 4.90 Å². The van der Waals surface area contributed by atoms with Gasteiger partial charge in [0.05, 0.1) is 12.8 Å². The minimum absolute atomic E-state index is 0.0519. The number of hydrogen-bond donors (Lipinski definition) is 0. The first-order valence-corrected chi connectivity index (χ1v) is 10.8. The topological polar surface area (TPSA) is 116 Å². The van der Waals surface area contributed by atoms with E-state index in [1.807, 2.05) is 6.07 Å². The summed E-state index contributed by atoms with van der Waals surface area (Å²) in [4.78, 5) is 22.6. The van der Waals surface area contributed by atoms with Gasteiger partial charge in [0.15, 0.2) is 0 Å². The Kier molecular flexibility index (Phi) is 5.92. The molecular weight excluding hydrogens is 370 g/mol. The highest BCUT2D eigenvalue weighted by Gasteiger charge is 2.34. The van der Waals surface area contributed by atoms with Gasteiger partial charge in [-0.1, -0.05) is 0 Å². The fourth-order valence-corrected chi connectivity index (χ4v) is 4.45. The second kappa shape index (κ2) is 8.19. The molecule has 0 aromatic carbocycles. The van der Waals surface area contributed by atoms with Gasteiger partial charge in [-0.05, 0) is 25.7 Å². The molecule has 0 N–H and O–H groups in total. The number of likely N-dealkylation sites (tertiary alicyclic amines) is 1. The van der Waals surface area contributed by atoms with Gasteiger partial charge in [-0.3, -0.25) is 4.79 Å². The predicted molar refractivity (Wildman–Crippen MR) is 96.1 cm³/mol. The summed E-state index contributed by atoms with van der Waals surface area (Å²) in [6.45, 7) is 1.87. The van der Waals surface area contributed by atoms with Gasteiger partial charge in [0.25, 0.3) is 5.88 Å². The molecule has 1 unspecified atom stereocenters. The number of nitrogens with zero attached hydrogens (tertiary/aromatic N) is 5. The van der Waals surface area contributed by atoms with Crippen molar-refractivity contribution in [3.63, 3.8) is 0 Å². The molecule has 10 heteroatoms. The summed E-state index contributed by atoms with van der Waals surface area (Å²) in [6, 6.07) is 1.95. The molecule has 0 spiro atoms. The maximum Gasteiger partial charge on any atom is 0.251 e. The number of sulfonamides is 1. The monoisotopic (exact) mass is 393 g/mol. The minimum Gasteiger partial charge on any atom is -0.470 e. The van der Waals surface area contributed by atoms with Gasteiger partial charge >= 0.3 is 0 Å². The van der Waals surface area contributed by atoms with Crippen LogP contribution in [0.5, 0.6) is 5.88 Å². The van der Waals surface area contributed by atoms with E-state index in [0.717, 1.165) is 12.8 Å². The van der Waals surface area contributed by atoms with Crippen molar-refractivity contribution in [1.29, 1.82) is 5.26 Å². The number of amides is 1. The van der Waals surface area contributed by atoms with Crippen molar-refractivity contribution >= 4 is 15.9 Å². The summed E-state index contributed by atoms with van der Waals surface area (Å²) < 4.78 is 30.5. The zero-order valence-electron chi connectivity index (χ0n) is 15.2. The smallest absolute Gasteiger partial charge is 0.251 e. The number of piperidine rings is 2. The van der Waals surface area contributed by atoms with Crippen LogP contribution in [0.15, 0.2) is 12.4 Å². The predicted octanol–water partition coefficient (Wildman–Crippen LogP) is 0.390. The lowest BCUT2D eigenvalue weighted by Gasteiger charge is -2.37. The molecule has 1 aromatic heterocycles. The number of aromatic nitrogens is 2. The summed E-state index contributed by atoms with van der Waals surface area (Å²) >= 11 is 0. The number of ether oxygens (including phenoxy) is 1. The number of carbonyl (C=O) groups excluding carboxylic acids is 1. The van der Waals surface area contributed by atoms with Gasteiger partial charge in [0.1, 0.15) is 12.2 Å². The van der Waals surface area contributed by atoms with Crippen molar-refractivity contribution in [2.24, 2.45) is 5.92 Å². The molecule has 1 atom stereocenters. The summed E-state index contributed by atoms with van der Waals surface area (Å²) in [5, 5.41) is 9.09. The van der Waals surface area contributed by atoms with Crippen molar-refractivity contribution in [1.82, 2.24) is 19.2 Å². The SMILES string of the molecule is CS(=O)(=O)N1CCC(C(=O)N2CCCC(Oc3nccnc3C#N)C2)CC1. The molecule has 0 bridgehead atoms. The Bertz CT molecular complexity index is 830. The van der Waals surface area contributed by atoms with E-state index in [9.17, 15) is 13.2 Å². The van der Waals surface area contributed by atoms with Crippen molar-refractivity contribution in [2.45, 2.75) is 31.8 Å². The number of hydrogen-bond acceptors (Lipinski definition) is 7. The summed E-state index contributed by atoms with van der Waals surface area (Å²) in [7, 11) is -3.20. The zero-order chi connectivity index (χ0) is 19.4. The summed E-state index contributed by atoms with van der Waals surface area (Å²) in [5.41, 5.74) is 0.133. The Morgan fingerprint density at radius 3 is 2.59 bits per heavy atom. The Balaban J connectivity index is 1.58. The quantitative estimate of drug-likeness (QED) is 0.726. The Morgan fingerprint density at radius 1 is 1.22 bits per heavy atom. The first-order valence-electron chi connectivity index (χ1n) is 9.00. The van der Waals surface area contributed by atoms with Gasteiger partial charge < -0.3 is 9.64 Å². The van der Waals surface area contributed by atoms with Crippen LogP contribution >= 0.6 is 0 Å². The average molecular weight is 393 g/mol. The molecular formula is C17H23N5O4S. The van der Waals surface area contributed by atoms with E-state index < -0.39 is 10.0 Å². The normalized spacial score (nSPS) is 22.2. The molecule has 3 rings (SSSR count). The molecule has 0 saturated carbocycles. The average Bonchev–Trinajstić information content (AvgIpc) is 2.67. The van der Waals surface area contributed by atoms with E-state index in [-0.39, 0.29) is 29.5 Å². The van der Waals surface area contributed by atoms with Crippen LogP contribution in [0.2, 0.25) is 0 Å². The van der Waals surface area contributed by atoms with Gasteiger partial charge in [-0.25, -0.2) is 22.7 Å². The number of carbonyl (C=O) groups is 1. The third-order valence-corrected chi connectivity index (χ3v) is 6.31. The molecule has 146 valence electrons. The number of nitriles is 1. The molecule has 1 aromatic rings. The molecule has 2 aliphatic heterocycles. The highest BCUT2D eigenvalue weighted by molar-refractivity contribution is 7.88. The van der Waals surface area contributed by atoms with Crippen molar-refractivity contribution < 1.29 is 17.9 Å². The highest BCUT2D eigenvalue weighted by atomic mass is 32.2. The second-order valence-electron chi connectivity index (χ2n) is 6.92. The minimum atomic E-state index is -3.20. The zero-order valence-corrected chi connectivity index (χ0v) is 16.1. The molecule has 0 aliphatic carbocycles. The van der Waals surface area contributed by atoms with Crippen LogP contribution in [-0.4, -0.2) is 72.0 Å². The van der Waals surface area contributed by atoms with Crippen LogP contribution in [0.3, 0.4) is 0 Å². The fraction of sp³-hybridized carbons (Fsp3) is 0.647. The maximum atomic E-state index is 12.9. The molecule has 1 amide bonds. The second-order valence-corrected chi connectivity index (χ2v) is 8.91. The van der Waals surface area contributed by atoms with E-state index >= 15 is 0 Å². The Morgan fingerprint density at radius 2 is 1.93 bits per heavy atom. The lowest BCUT2D eigenvalue weighted by atomic mass is 9.95. The van der Waals surface area contributed by atoms with Gasteiger partial charge in [-0.15, -0.1) is 0 Å². The molecule has 2 fully saturated rings. The maximum absolute atomic E-state index is 12.9. The van der Waals surface area contributed by atoms with Crippen LogP contribution < -0.4 is 4.74 Å².